The van der Waals surface area contributed by atoms with Crippen molar-refractivity contribution in [1.82, 2.24) is 10.2 Å². The summed E-state index contributed by atoms with van der Waals surface area (Å²) in [6.07, 6.45) is 6.60. The molecule has 0 amide bonds. The van der Waals surface area contributed by atoms with Gasteiger partial charge in [0.15, 0.2) is 0 Å². The van der Waals surface area contributed by atoms with Crippen molar-refractivity contribution in [3.8, 4) is 0 Å². The standard InChI is InChI=1S/C17H24BrClN2/c1-13-6-9-20-17(7-2-3-8-17)12-21(13)11-14-4-5-15(18)10-16(14)19/h4-5,10,13,20H,2-3,6-9,11-12H2,1H3. The van der Waals surface area contributed by atoms with Gasteiger partial charge in [0.2, 0.25) is 0 Å². The molecule has 0 aromatic heterocycles. The van der Waals surface area contributed by atoms with E-state index < -0.39 is 0 Å². The summed E-state index contributed by atoms with van der Waals surface area (Å²) in [5.41, 5.74) is 1.59. The average molecular weight is 372 g/mol. The van der Waals surface area contributed by atoms with Crippen LogP contribution in [-0.4, -0.2) is 29.6 Å². The number of benzene rings is 1. The zero-order chi connectivity index (χ0) is 14.9. The molecule has 4 heteroatoms. The second kappa shape index (κ2) is 6.57. The number of nitrogens with one attached hydrogen (secondary N) is 1. The third kappa shape index (κ3) is 3.64. The van der Waals surface area contributed by atoms with Crippen molar-refractivity contribution in [1.29, 1.82) is 0 Å². The van der Waals surface area contributed by atoms with E-state index in [2.05, 4.69) is 45.2 Å². The molecule has 1 aromatic rings. The molecule has 2 aliphatic rings. The van der Waals surface area contributed by atoms with Crippen molar-refractivity contribution in [3.63, 3.8) is 0 Å². The Morgan fingerprint density at radius 3 is 2.86 bits per heavy atom. The Morgan fingerprint density at radius 2 is 2.14 bits per heavy atom. The van der Waals surface area contributed by atoms with Gasteiger partial charge in [0.1, 0.15) is 0 Å². The Bertz CT molecular complexity index is 500. The van der Waals surface area contributed by atoms with Crippen LogP contribution in [0.15, 0.2) is 22.7 Å². The van der Waals surface area contributed by atoms with Crippen LogP contribution in [0.3, 0.4) is 0 Å². The first-order valence-corrected chi connectivity index (χ1v) is 9.18. The molecule has 1 N–H and O–H groups in total. The third-order valence-electron chi connectivity index (χ3n) is 5.14. The summed E-state index contributed by atoms with van der Waals surface area (Å²) in [6.45, 7) is 5.60. The molecule has 1 aliphatic heterocycles. The van der Waals surface area contributed by atoms with Gasteiger partial charge in [-0.25, -0.2) is 0 Å². The second-order valence-electron chi connectivity index (χ2n) is 6.69. The molecule has 2 fully saturated rings. The van der Waals surface area contributed by atoms with E-state index in [0.717, 1.165) is 29.1 Å². The minimum absolute atomic E-state index is 0.354. The molecule has 1 saturated carbocycles. The van der Waals surface area contributed by atoms with Crippen LogP contribution in [0.25, 0.3) is 0 Å². The van der Waals surface area contributed by atoms with E-state index in [1.165, 1.54) is 37.7 Å². The van der Waals surface area contributed by atoms with Crippen molar-refractivity contribution in [3.05, 3.63) is 33.3 Å². The maximum Gasteiger partial charge on any atom is 0.0462 e. The molecule has 1 aliphatic carbocycles. The minimum atomic E-state index is 0.354. The smallest absolute Gasteiger partial charge is 0.0462 e. The Labute approximate surface area is 141 Å². The maximum atomic E-state index is 6.42. The predicted molar refractivity (Wildman–Crippen MR) is 92.8 cm³/mol. The van der Waals surface area contributed by atoms with E-state index in [1.54, 1.807) is 0 Å². The van der Waals surface area contributed by atoms with Crippen LogP contribution >= 0.6 is 27.5 Å². The Morgan fingerprint density at radius 1 is 1.38 bits per heavy atom. The first-order valence-electron chi connectivity index (χ1n) is 8.01. The van der Waals surface area contributed by atoms with Crippen LogP contribution in [0.4, 0.5) is 0 Å². The zero-order valence-electron chi connectivity index (χ0n) is 12.7. The quantitative estimate of drug-likeness (QED) is 0.817. The Hall–Kier alpha value is -0.0900. The van der Waals surface area contributed by atoms with Gasteiger partial charge in [0, 0.05) is 34.2 Å². The summed E-state index contributed by atoms with van der Waals surface area (Å²) in [5.74, 6) is 0. The van der Waals surface area contributed by atoms with Gasteiger partial charge in [0.05, 0.1) is 0 Å². The van der Waals surface area contributed by atoms with E-state index in [1.807, 2.05) is 6.07 Å². The summed E-state index contributed by atoms with van der Waals surface area (Å²) in [6, 6.07) is 6.85. The third-order valence-corrected chi connectivity index (χ3v) is 5.99. The molecule has 116 valence electrons. The minimum Gasteiger partial charge on any atom is -0.310 e. The molecule has 21 heavy (non-hydrogen) atoms. The SMILES string of the molecule is CC1CCNC2(CCCC2)CN1Cc1ccc(Br)cc1Cl. The van der Waals surface area contributed by atoms with E-state index in [9.17, 15) is 0 Å². The Kier molecular flexibility index (Phi) is 4.94. The predicted octanol–water partition coefficient (Wildman–Crippen LogP) is 4.60. The lowest BCUT2D eigenvalue weighted by Crippen LogP contribution is -2.49. The molecular formula is C17H24BrClN2. The summed E-state index contributed by atoms with van der Waals surface area (Å²) >= 11 is 9.90. The molecule has 0 bridgehead atoms. The fourth-order valence-electron chi connectivity index (χ4n) is 3.80. The maximum absolute atomic E-state index is 6.42. The number of hydrogen-bond donors (Lipinski definition) is 1. The summed E-state index contributed by atoms with van der Waals surface area (Å²) in [4.78, 5) is 2.63. The number of halogens is 2. The van der Waals surface area contributed by atoms with E-state index in [-0.39, 0.29) is 0 Å². The average Bonchev–Trinajstić information content (AvgIpc) is 2.83. The van der Waals surface area contributed by atoms with Gasteiger partial charge in [-0.2, -0.15) is 0 Å². The molecule has 2 nitrogen and oxygen atoms in total. The lowest BCUT2D eigenvalue weighted by atomic mass is 9.96. The van der Waals surface area contributed by atoms with Gasteiger partial charge in [-0.05, 0) is 50.4 Å². The highest BCUT2D eigenvalue weighted by Crippen LogP contribution is 2.34. The normalized spacial score (nSPS) is 26.1. The van der Waals surface area contributed by atoms with E-state index >= 15 is 0 Å². The first kappa shape index (κ1) is 15.8. The van der Waals surface area contributed by atoms with Gasteiger partial charge in [-0.3, -0.25) is 4.90 Å². The topological polar surface area (TPSA) is 15.3 Å². The fraction of sp³-hybridized carbons (Fsp3) is 0.647. The molecule has 1 unspecified atom stereocenters. The van der Waals surface area contributed by atoms with Crippen molar-refractivity contribution in [2.24, 2.45) is 0 Å². The number of rotatable bonds is 2. The Balaban J connectivity index is 1.77. The molecule has 0 radical (unpaired) electrons. The summed E-state index contributed by atoms with van der Waals surface area (Å²) in [7, 11) is 0. The van der Waals surface area contributed by atoms with Gasteiger partial charge in [-0.15, -0.1) is 0 Å². The van der Waals surface area contributed by atoms with E-state index in [0.29, 0.717) is 11.6 Å². The summed E-state index contributed by atoms with van der Waals surface area (Å²) in [5, 5.41) is 4.71. The monoisotopic (exact) mass is 370 g/mol. The largest absolute Gasteiger partial charge is 0.310 e. The van der Waals surface area contributed by atoms with Crippen LogP contribution in [0.2, 0.25) is 5.02 Å². The fourth-order valence-corrected chi connectivity index (χ4v) is 4.53. The van der Waals surface area contributed by atoms with Crippen LogP contribution < -0.4 is 5.32 Å². The van der Waals surface area contributed by atoms with Crippen molar-refractivity contribution < 1.29 is 0 Å². The highest BCUT2D eigenvalue weighted by Gasteiger charge is 2.38. The molecule has 1 heterocycles. The lowest BCUT2D eigenvalue weighted by molar-refractivity contribution is 0.160. The summed E-state index contributed by atoms with van der Waals surface area (Å²) < 4.78 is 1.05. The van der Waals surface area contributed by atoms with Crippen molar-refractivity contribution >= 4 is 27.5 Å². The number of hydrogen-bond acceptors (Lipinski definition) is 2. The highest BCUT2D eigenvalue weighted by molar-refractivity contribution is 9.10. The van der Waals surface area contributed by atoms with Gasteiger partial charge >= 0.3 is 0 Å². The van der Waals surface area contributed by atoms with Crippen LogP contribution in [0.5, 0.6) is 0 Å². The lowest BCUT2D eigenvalue weighted by Gasteiger charge is -2.35. The van der Waals surface area contributed by atoms with Crippen molar-refractivity contribution in [2.75, 3.05) is 13.1 Å². The highest BCUT2D eigenvalue weighted by atomic mass is 79.9. The van der Waals surface area contributed by atoms with Gasteiger partial charge < -0.3 is 5.32 Å². The van der Waals surface area contributed by atoms with E-state index in [4.69, 9.17) is 11.6 Å². The van der Waals surface area contributed by atoms with Crippen molar-refractivity contribution in [2.45, 2.75) is 57.2 Å². The second-order valence-corrected chi connectivity index (χ2v) is 8.02. The molecule has 1 aromatic carbocycles. The molecule has 3 rings (SSSR count). The molecule has 1 saturated heterocycles. The first-order chi connectivity index (χ1) is 10.1. The van der Waals surface area contributed by atoms with Crippen LogP contribution in [0.1, 0.15) is 44.6 Å². The van der Waals surface area contributed by atoms with Gasteiger partial charge in [0.25, 0.3) is 0 Å². The number of nitrogens with zero attached hydrogens (tertiary/aromatic N) is 1. The molecular weight excluding hydrogens is 348 g/mol. The molecule has 1 spiro atoms. The van der Waals surface area contributed by atoms with Gasteiger partial charge in [-0.1, -0.05) is 46.4 Å². The van der Waals surface area contributed by atoms with Crippen LogP contribution in [0, 0.1) is 0 Å². The zero-order valence-corrected chi connectivity index (χ0v) is 15.0. The molecule has 1 atom stereocenters. The van der Waals surface area contributed by atoms with Crippen LogP contribution in [-0.2, 0) is 6.54 Å².